The normalized spacial score (nSPS) is 19.5. The number of anilines is 1. The van der Waals surface area contributed by atoms with Crippen LogP contribution >= 0.6 is 23.4 Å². The molecule has 2 aliphatic rings. The minimum absolute atomic E-state index is 0.0468. The number of halogens is 4. The van der Waals surface area contributed by atoms with Crippen LogP contribution in [0.3, 0.4) is 0 Å². The number of fused-ring (bicyclic) bond motifs is 1. The van der Waals surface area contributed by atoms with Gasteiger partial charge in [0.25, 0.3) is 0 Å². The second-order valence-electron chi connectivity index (χ2n) is 8.72. The molecule has 6 nitrogen and oxygen atoms in total. The number of amides is 1. The Morgan fingerprint density at radius 2 is 1.97 bits per heavy atom. The molecule has 1 fully saturated rings. The van der Waals surface area contributed by atoms with Crippen molar-refractivity contribution >= 4 is 40.8 Å². The Labute approximate surface area is 216 Å². The van der Waals surface area contributed by atoms with Gasteiger partial charge in [0.05, 0.1) is 28.9 Å². The van der Waals surface area contributed by atoms with E-state index in [4.69, 9.17) is 21.7 Å². The molecule has 0 aromatic heterocycles. The van der Waals surface area contributed by atoms with Gasteiger partial charge in [-0.15, -0.1) is 11.8 Å². The van der Waals surface area contributed by atoms with E-state index in [0.717, 1.165) is 0 Å². The van der Waals surface area contributed by atoms with E-state index in [-0.39, 0.29) is 34.4 Å². The topological polar surface area (TPSA) is 68.7 Å². The molecule has 2 aromatic rings. The third-order valence-electron chi connectivity index (χ3n) is 6.29. The van der Waals surface area contributed by atoms with Crippen LogP contribution in [0, 0.1) is 22.9 Å². The van der Waals surface area contributed by atoms with Crippen molar-refractivity contribution in [3.05, 3.63) is 58.9 Å². The maximum Gasteiger partial charge on any atom is 0.246 e. The molecule has 2 atom stereocenters. The summed E-state index contributed by atoms with van der Waals surface area (Å²) in [6.07, 6.45) is 1.27. The number of amidine groups is 1. The number of ether oxygens (including phenoxy) is 1. The van der Waals surface area contributed by atoms with Crippen molar-refractivity contribution in [1.29, 1.82) is 5.41 Å². The number of methoxy groups -OCH3 is 1. The molecule has 0 saturated carbocycles. The summed E-state index contributed by atoms with van der Waals surface area (Å²) in [5, 5.41) is 12.4. The Morgan fingerprint density at radius 3 is 2.58 bits per heavy atom. The summed E-state index contributed by atoms with van der Waals surface area (Å²) >= 11 is 7.96. The highest BCUT2D eigenvalue weighted by Gasteiger charge is 2.33. The van der Waals surface area contributed by atoms with Gasteiger partial charge in [-0.3, -0.25) is 10.2 Å². The van der Waals surface area contributed by atoms with E-state index in [1.807, 2.05) is 11.8 Å². The molecule has 2 N–H and O–H groups in total. The van der Waals surface area contributed by atoms with Gasteiger partial charge in [-0.25, -0.2) is 13.2 Å². The van der Waals surface area contributed by atoms with Crippen molar-refractivity contribution in [2.75, 3.05) is 44.4 Å². The summed E-state index contributed by atoms with van der Waals surface area (Å²) in [5.41, 5.74) is 0.670. The quantitative estimate of drug-likeness (QED) is 0.318. The second kappa shape index (κ2) is 10.7. The summed E-state index contributed by atoms with van der Waals surface area (Å²) in [7, 11) is 1.58. The summed E-state index contributed by atoms with van der Waals surface area (Å²) in [4.78, 5) is 16.1. The maximum atomic E-state index is 14.8. The van der Waals surface area contributed by atoms with E-state index >= 15 is 0 Å². The van der Waals surface area contributed by atoms with Gasteiger partial charge < -0.3 is 19.9 Å². The molecular weight excluding hydrogens is 513 g/mol. The molecule has 4 rings (SSSR count). The van der Waals surface area contributed by atoms with E-state index in [0.29, 0.717) is 60.3 Å². The van der Waals surface area contributed by atoms with E-state index < -0.39 is 23.0 Å². The van der Waals surface area contributed by atoms with E-state index in [1.54, 1.807) is 12.0 Å². The zero-order valence-electron chi connectivity index (χ0n) is 19.8. The van der Waals surface area contributed by atoms with Gasteiger partial charge in [-0.2, -0.15) is 0 Å². The van der Waals surface area contributed by atoms with Crippen LogP contribution in [0.5, 0.6) is 0 Å². The van der Waals surface area contributed by atoms with Gasteiger partial charge >= 0.3 is 0 Å². The monoisotopic (exact) mass is 538 g/mol. The van der Waals surface area contributed by atoms with Gasteiger partial charge in [-0.1, -0.05) is 18.2 Å². The summed E-state index contributed by atoms with van der Waals surface area (Å²) < 4.78 is 48.5. The lowest BCUT2D eigenvalue weighted by Gasteiger charge is -2.41. The number of benzene rings is 2. The highest BCUT2D eigenvalue weighted by atomic mass is 35.5. The molecule has 1 saturated heterocycles. The Hall–Kier alpha value is -2.69. The van der Waals surface area contributed by atoms with Crippen molar-refractivity contribution in [2.45, 2.75) is 23.9 Å². The zero-order chi connectivity index (χ0) is 26.1. The third kappa shape index (κ3) is 4.94. The van der Waals surface area contributed by atoms with Gasteiger partial charge in [0, 0.05) is 66.7 Å². The summed E-state index contributed by atoms with van der Waals surface area (Å²) in [6, 6.07) is 2.48. The lowest BCUT2D eigenvalue weighted by molar-refractivity contribution is -0.128. The molecule has 0 radical (unpaired) electrons. The number of nitrogens with zero attached hydrogens (tertiary/aromatic N) is 2. The van der Waals surface area contributed by atoms with Crippen LogP contribution in [0.15, 0.2) is 35.7 Å². The fourth-order valence-corrected chi connectivity index (χ4v) is 6.18. The first-order valence-electron chi connectivity index (χ1n) is 11.3. The van der Waals surface area contributed by atoms with Crippen LogP contribution in [0.2, 0.25) is 5.02 Å². The molecule has 2 heterocycles. The van der Waals surface area contributed by atoms with Gasteiger partial charge in [0.15, 0.2) is 0 Å². The predicted octanol–water partition coefficient (Wildman–Crippen LogP) is 5.00. The minimum Gasteiger partial charge on any atom is -0.383 e. The molecule has 2 aliphatic heterocycles. The number of carbonyl (C=O) groups is 1. The fourth-order valence-electron chi connectivity index (χ4n) is 4.61. The van der Waals surface area contributed by atoms with Crippen molar-refractivity contribution < 1.29 is 22.7 Å². The van der Waals surface area contributed by atoms with Crippen LogP contribution < -0.4 is 5.32 Å². The lowest BCUT2D eigenvalue weighted by atomic mass is 9.98. The molecular formula is C25H26ClF3N4O2S. The fraction of sp³-hybridized carbons (Fsp3) is 0.360. The molecule has 0 unspecified atom stereocenters. The van der Waals surface area contributed by atoms with Crippen LogP contribution in [0.1, 0.15) is 12.5 Å². The third-order valence-corrected chi connectivity index (χ3v) is 7.86. The largest absolute Gasteiger partial charge is 0.383 e. The average molecular weight is 539 g/mol. The SMILES string of the molecule is C=CC(=O)N1CCN(C(=N)c2cc(Cl)c(-c3c(F)cc(F)cc3F)c3c2N[C@H](COC)CS3)[C@@H](C)C1. The average Bonchev–Trinajstić information content (AvgIpc) is 2.83. The van der Waals surface area contributed by atoms with Crippen LogP contribution in [0.4, 0.5) is 18.9 Å². The molecule has 2 aromatic carbocycles. The number of rotatable bonds is 5. The van der Waals surface area contributed by atoms with Crippen LogP contribution in [-0.2, 0) is 9.53 Å². The van der Waals surface area contributed by atoms with Crippen molar-refractivity contribution in [2.24, 2.45) is 0 Å². The summed E-state index contributed by atoms with van der Waals surface area (Å²) in [5.74, 6) is -2.60. The van der Waals surface area contributed by atoms with Gasteiger partial charge in [0.2, 0.25) is 5.91 Å². The van der Waals surface area contributed by atoms with E-state index in [2.05, 4.69) is 11.9 Å². The Kier molecular flexibility index (Phi) is 7.87. The minimum atomic E-state index is -1.06. The van der Waals surface area contributed by atoms with Crippen molar-refractivity contribution in [3.8, 4) is 11.1 Å². The zero-order valence-corrected chi connectivity index (χ0v) is 21.4. The first-order valence-corrected chi connectivity index (χ1v) is 12.7. The number of thioether (sulfide) groups is 1. The van der Waals surface area contributed by atoms with Crippen molar-refractivity contribution in [3.63, 3.8) is 0 Å². The predicted molar refractivity (Wildman–Crippen MR) is 137 cm³/mol. The number of nitrogens with one attached hydrogen (secondary N) is 2. The van der Waals surface area contributed by atoms with E-state index in [9.17, 15) is 18.0 Å². The highest BCUT2D eigenvalue weighted by molar-refractivity contribution is 7.99. The Morgan fingerprint density at radius 1 is 1.28 bits per heavy atom. The highest BCUT2D eigenvalue weighted by Crippen LogP contribution is 2.48. The molecule has 0 spiro atoms. The molecule has 11 heteroatoms. The standard InChI is InChI=1S/C25H26ClF3N4O2S/c1-4-20(34)32-5-6-33(13(2)10-32)25(30)16-9-17(26)21(22-18(28)7-14(27)8-19(22)29)24-23(16)31-15(11-35-3)12-36-24/h4,7-9,13,15,30-31H,1,5-6,10-12H2,2-3H3/t13-,15+/m0/s1. The lowest BCUT2D eigenvalue weighted by Crippen LogP contribution is -2.55. The van der Waals surface area contributed by atoms with Gasteiger partial charge in [-0.05, 0) is 19.1 Å². The van der Waals surface area contributed by atoms with Crippen LogP contribution in [-0.4, -0.2) is 72.7 Å². The Bertz CT molecular complexity index is 1210. The van der Waals surface area contributed by atoms with Gasteiger partial charge in [0.1, 0.15) is 23.3 Å². The smallest absolute Gasteiger partial charge is 0.246 e. The molecule has 1 amide bonds. The molecule has 0 bridgehead atoms. The Balaban J connectivity index is 1.80. The first-order chi connectivity index (χ1) is 17.2. The number of hydrogen-bond donors (Lipinski definition) is 2. The summed E-state index contributed by atoms with van der Waals surface area (Å²) in [6.45, 7) is 7.10. The molecule has 36 heavy (non-hydrogen) atoms. The van der Waals surface area contributed by atoms with E-state index in [1.165, 1.54) is 23.9 Å². The number of piperazine rings is 1. The maximum absolute atomic E-state index is 14.8. The van der Waals surface area contributed by atoms with Crippen LogP contribution in [0.25, 0.3) is 11.1 Å². The molecule has 192 valence electrons. The number of hydrogen-bond acceptors (Lipinski definition) is 5. The second-order valence-corrected chi connectivity index (χ2v) is 10.2. The van der Waals surface area contributed by atoms with Crippen molar-refractivity contribution in [1.82, 2.24) is 9.80 Å². The number of carbonyl (C=O) groups excluding carboxylic acids is 1. The molecule has 0 aliphatic carbocycles. The first kappa shape index (κ1) is 26.4.